The van der Waals surface area contributed by atoms with E-state index >= 15 is 0 Å². The summed E-state index contributed by atoms with van der Waals surface area (Å²) >= 11 is 1.76. The number of thiophene rings is 1. The van der Waals surface area contributed by atoms with Crippen LogP contribution in [0.1, 0.15) is 52.3 Å². The molecule has 1 atom stereocenters. The number of hydrogen-bond acceptors (Lipinski definition) is 9. The number of fused-ring (bicyclic) bond motifs is 3. The first-order chi connectivity index (χ1) is 15.2. The number of nitrogens with zero attached hydrogens (tertiary/aromatic N) is 6. The van der Waals surface area contributed by atoms with Crippen molar-refractivity contribution in [2.75, 3.05) is 11.4 Å². The highest BCUT2D eigenvalue weighted by atomic mass is 32.1. The summed E-state index contributed by atoms with van der Waals surface area (Å²) in [5, 5.41) is 4.87. The molecule has 1 saturated heterocycles. The third-order valence-electron chi connectivity index (χ3n) is 5.94. The van der Waals surface area contributed by atoms with Crippen LogP contribution in [0, 0.1) is 0 Å². The number of rotatable bonds is 4. The fraction of sp³-hybridized carbons (Fsp3) is 0.333. The lowest BCUT2D eigenvalue weighted by atomic mass is 10.1. The number of aromatic nitrogens is 5. The summed E-state index contributed by atoms with van der Waals surface area (Å²) in [6.07, 6.45) is 8.61. The molecule has 6 rings (SSSR count). The number of nitrogens with two attached hydrogens (primary N) is 1. The number of pyridine rings is 1. The molecule has 10 heteroatoms. The molecule has 1 unspecified atom stereocenters. The molecule has 31 heavy (non-hydrogen) atoms. The Morgan fingerprint density at radius 1 is 1.23 bits per heavy atom. The molecule has 9 nitrogen and oxygen atoms in total. The average Bonchev–Trinajstić information content (AvgIpc) is 3.56. The van der Waals surface area contributed by atoms with Gasteiger partial charge in [-0.2, -0.15) is 4.98 Å². The molecule has 0 aromatic carbocycles. The van der Waals surface area contributed by atoms with Crippen LogP contribution < -0.4 is 10.6 Å². The Morgan fingerprint density at radius 2 is 2.16 bits per heavy atom. The van der Waals surface area contributed by atoms with Crippen molar-refractivity contribution in [1.29, 1.82) is 0 Å². The van der Waals surface area contributed by atoms with Crippen LogP contribution in [0.4, 0.5) is 5.82 Å². The zero-order chi connectivity index (χ0) is 20.9. The Labute approximate surface area is 181 Å². The van der Waals surface area contributed by atoms with Gasteiger partial charge in [0.05, 0.1) is 5.39 Å². The zero-order valence-electron chi connectivity index (χ0n) is 16.6. The van der Waals surface area contributed by atoms with E-state index in [-0.39, 0.29) is 11.9 Å². The predicted octanol–water partition coefficient (Wildman–Crippen LogP) is 3.07. The fourth-order valence-electron chi connectivity index (χ4n) is 4.56. The summed E-state index contributed by atoms with van der Waals surface area (Å²) in [7, 11) is 0. The molecule has 4 aromatic rings. The number of anilines is 1. The van der Waals surface area contributed by atoms with Crippen molar-refractivity contribution in [2.45, 2.75) is 38.1 Å². The van der Waals surface area contributed by atoms with Gasteiger partial charge in [0.1, 0.15) is 16.7 Å². The molecular formula is C21H19N7O2S. The normalized spacial score (nSPS) is 18.1. The SMILES string of the molecule is NC(=O)c1noc(C2CCCN2c2nc(-c3cccnc3)nc3sc4c(c23)CCC4)n1. The Hall–Kier alpha value is -3.40. The lowest BCUT2D eigenvalue weighted by Gasteiger charge is -2.24. The van der Waals surface area contributed by atoms with Gasteiger partial charge in [-0.05, 0) is 49.8 Å². The van der Waals surface area contributed by atoms with Crippen molar-refractivity contribution < 1.29 is 9.32 Å². The van der Waals surface area contributed by atoms with Gasteiger partial charge in [0.25, 0.3) is 11.7 Å². The van der Waals surface area contributed by atoms with Crippen molar-refractivity contribution in [2.24, 2.45) is 5.73 Å². The molecule has 5 heterocycles. The van der Waals surface area contributed by atoms with Crippen LogP contribution in [-0.4, -0.2) is 37.5 Å². The van der Waals surface area contributed by atoms with Gasteiger partial charge in [-0.1, -0.05) is 5.16 Å². The van der Waals surface area contributed by atoms with Crippen LogP contribution in [0.25, 0.3) is 21.6 Å². The first kappa shape index (κ1) is 18.4. The molecule has 0 bridgehead atoms. The van der Waals surface area contributed by atoms with Gasteiger partial charge >= 0.3 is 0 Å². The Bertz CT molecular complexity index is 1300. The number of amides is 1. The Morgan fingerprint density at radius 3 is 2.97 bits per heavy atom. The number of aryl methyl sites for hydroxylation is 2. The highest BCUT2D eigenvalue weighted by molar-refractivity contribution is 7.19. The van der Waals surface area contributed by atoms with Gasteiger partial charge in [0, 0.05) is 29.4 Å². The summed E-state index contributed by atoms with van der Waals surface area (Å²) < 4.78 is 5.41. The van der Waals surface area contributed by atoms with Crippen molar-refractivity contribution >= 4 is 33.3 Å². The van der Waals surface area contributed by atoms with Crippen LogP contribution in [0.15, 0.2) is 29.0 Å². The topological polar surface area (TPSA) is 124 Å². The van der Waals surface area contributed by atoms with Gasteiger partial charge in [-0.3, -0.25) is 9.78 Å². The van der Waals surface area contributed by atoms with Gasteiger partial charge in [-0.15, -0.1) is 11.3 Å². The highest BCUT2D eigenvalue weighted by Gasteiger charge is 2.35. The van der Waals surface area contributed by atoms with Gasteiger partial charge in [-0.25, -0.2) is 9.97 Å². The largest absolute Gasteiger partial charge is 0.363 e. The van der Waals surface area contributed by atoms with Gasteiger partial charge < -0.3 is 15.2 Å². The van der Waals surface area contributed by atoms with E-state index in [0.29, 0.717) is 11.7 Å². The smallest absolute Gasteiger partial charge is 0.290 e. The number of hydrogen-bond donors (Lipinski definition) is 1. The van der Waals surface area contributed by atoms with Crippen molar-refractivity contribution in [1.82, 2.24) is 25.1 Å². The molecule has 4 aromatic heterocycles. The summed E-state index contributed by atoms with van der Waals surface area (Å²) in [6.45, 7) is 0.808. The summed E-state index contributed by atoms with van der Waals surface area (Å²) in [4.78, 5) is 34.5. The van der Waals surface area contributed by atoms with E-state index in [4.69, 9.17) is 20.2 Å². The monoisotopic (exact) mass is 433 g/mol. The van der Waals surface area contributed by atoms with Crippen LogP contribution >= 0.6 is 11.3 Å². The van der Waals surface area contributed by atoms with Crippen molar-refractivity contribution in [3.8, 4) is 11.4 Å². The number of carbonyl (C=O) groups excluding carboxylic acids is 1. The standard InChI is InChI=1S/C21H19N7O2S/c22-16(29)18-25-20(30-27-18)13-6-3-9-28(13)19-15-12-5-1-7-14(12)31-21(15)26-17(24-19)11-4-2-8-23-10-11/h2,4,8,10,13H,1,3,5-7,9H2,(H2,22,29). The molecule has 0 saturated carbocycles. The third kappa shape index (κ3) is 2.97. The number of carbonyl (C=O) groups is 1. The van der Waals surface area contributed by atoms with E-state index in [1.807, 2.05) is 12.1 Å². The summed E-state index contributed by atoms with van der Waals surface area (Å²) in [6, 6.07) is 3.70. The second kappa shape index (κ2) is 7.09. The predicted molar refractivity (Wildman–Crippen MR) is 115 cm³/mol. The minimum Gasteiger partial charge on any atom is -0.363 e. The van der Waals surface area contributed by atoms with Crippen molar-refractivity contribution in [3.63, 3.8) is 0 Å². The van der Waals surface area contributed by atoms with Crippen molar-refractivity contribution in [3.05, 3.63) is 46.7 Å². The molecule has 2 N–H and O–H groups in total. The van der Waals surface area contributed by atoms with Crippen LogP contribution in [-0.2, 0) is 12.8 Å². The lowest BCUT2D eigenvalue weighted by molar-refractivity contribution is 0.0987. The van der Waals surface area contributed by atoms with Gasteiger partial charge in [0.2, 0.25) is 5.89 Å². The first-order valence-electron chi connectivity index (χ1n) is 10.3. The van der Waals surface area contributed by atoms with E-state index in [9.17, 15) is 4.79 Å². The average molecular weight is 433 g/mol. The summed E-state index contributed by atoms with van der Waals surface area (Å²) in [5.41, 5.74) is 7.56. The van der Waals surface area contributed by atoms with E-state index in [1.165, 1.54) is 10.4 Å². The van der Waals surface area contributed by atoms with E-state index < -0.39 is 5.91 Å². The highest BCUT2D eigenvalue weighted by Crippen LogP contribution is 2.45. The summed E-state index contributed by atoms with van der Waals surface area (Å²) in [5.74, 6) is 1.16. The molecule has 1 amide bonds. The Kier molecular flexibility index (Phi) is 4.20. The molecular weight excluding hydrogens is 414 g/mol. The van der Waals surface area contributed by atoms with Crippen LogP contribution in [0.3, 0.4) is 0 Å². The van der Waals surface area contributed by atoms with Crippen LogP contribution in [0.2, 0.25) is 0 Å². The minimum atomic E-state index is -0.696. The molecule has 156 valence electrons. The molecule has 2 aliphatic rings. The van der Waals surface area contributed by atoms with Gasteiger partial charge in [0.15, 0.2) is 5.82 Å². The maximum atomic E-state index is 11.4. The molecule has 0 radical (unpaired) electrons. The minimum absolute atomic E-state index is 0.0952. The molecule has 1 aliphatic carbocycles. The maximum Gasteiger partial charge on any atom is 0.290 e. The van der Waals surface area contributed by atoms with E-state index in [2.05, 4.69) is 20.0 Å². The van der Waals surface area contributed by atoms with Crippen LogP contribution in [0.5, 0.6) is 0 Å². The maximum absolute atomic E-state index is 11.4. The third-order valence-corrected chi connectivity index (χ3v) is 7.12. The molecule has 0 spiro atoms. The second-order valence-corrected chi connectivity index (χ2v) is 8.91. The Balaban J connectivity index is 1.52. The first-order valence-corrected chi connectivity index (χ1v) is 11.1. The molecule has 1 aliphatic heterocycles. The van der Waals surface area contributed by atoms with E-state index in [1.54, 1.807) is 23.7 Å². The van der Waals surface area contributed by atoms with E-state index in [0.717, 1.165) is 60.2 Å². The zero-order valence-corrected chi connectivity index (χ0v) is 17.4. The lowest BCUT2D eigenvalue weighted by Crippen LogP contribution is -2.25. The fourth-order valence-corrected chi connectivity index (χ4v) is 5.81. The quantitative estimate of drug-likeness (QED) is 0.521. The number of primary amides is 1. The molecule has 1 fully saturated rings. The second-order valence-electron chi connectivity index (χ2n) is 7.82.